The lowest BCUT2D eigenvalue weighted by Crippen LogP contribution is -2.42. The number of urea groups is 1. The molecule has 2 aromatic rings. The molecule has 0 aliphatic carbocycles. The average molecular weight is 591 g/mol. The Morgan fingerprint density at radius 2 is 1.29 bits per heavy atom. The molecule has 0 atom stereocenters. The summed E-state index contributed by atoms with van der Waals surface area (Å²) in [5.41, 5.74) is -0.493. The topological polar surface area (TPSA) is 150 Å². The van der Waals surface area contributed by atoms with Crippen LogP contribution in [0.15, 0.2) is 16.9 Å². The van der Waals surface area contributed by atoms with Crippen LogP contribution in [-0.4, -0.2) is 81.3 Å². The number of rotatable bonds is 12. The van der Waals surface area contributed by atoms with Gasteiger partial charge in [-0.3, -0.25) is 14.9 Å². The molecule has 12 nitrogen and oxygen atoms in total. The fourth-order valence-corrected chi connectivity index (χ4v) is 4.46. The molecular weight excluding hydrogens is 544 g/mol. The fourth-order valence-electron chi connectivity index (χ4n) is 4.46. The van der Waals surface area contributed by atoms with Crippen LogP contribution in [0.1, 0.15) is 81.6 Å². The molecule has 0 saturated carbocycles. The number of ether oxygens (including phenoxy) is 5. The second-order valence-corrected chi connectivity index (χ2v) is 10.2. The van der Waals surface area contributed by atoms with Gasteiger partial charge in [0.25, 0.3) is 11.5 Å². The summed E-state index contributed by atoms with van der Waals surface area (Å²) in [5, 5.41) is 4.87. The number of nitrogens with one attached hydrogen (secondary N) is 3. The Hall–Kier alpha value is -3.22. The van der Waals surface area contributed by atoms with Gasteiger partial charge in [0.15, 0.2) is 17.2 Å². The van der Waals surface area contributed by atoms with Crippen molar-refractivity contribution in [1.82, 2.24) is 20.6 Å². The molecule has 2 heterocycles. The van der Waals surface area contributed by atoms with E-state index in [0.29, 0.717) is 68.7 Å². The van der Waals surface area contributed by atoms with Gasteiger partial charge in [-0.15, -0.1) is 0 Å². The lowest BCUT2D eigenvalue weighted by molar-refractivity contribution is 0.00708. The first-order chi connectivity index (χ1) is 20.6. The van der Waals surface area contributed by atoms with Crippen LogP contribution >= 0.6 is 0 Å². The van der Waals surface area contributed by atoms with Gasteiger partial charge in [0.05, 0.1) is 50.7 Å². The van der Waals surface area contributed by atoms with Crippen molar-refractivity contribution in [3.05, 3.63) is 28.2 Å². The van der Waals surface area contributed by atoms with E-state index in [2.05, 4.69) is 27.5 Å². The van der Waals surface area contributed by atoms with E-state index in [0.717, 1.165) is 19.3 Å². The molecule has 0 saturated heterocycles. The predicted molar refractivity (Wildman–Crippen MR) is 159 cm³/mol. The number of benzene rings is 1. The largest absolute Gasteiger partial charge is 0.487 e. The molecule has 42 heavy (non-hydrogen) atoms. The zero-order valence-corrected chi connectivity index (χ0v) is 24.8. The highest BCUT2D eigenvalue weighted by molar-refractivity contribution is 6.03. The highest BCUT2D eigenvalue weighted by Crippen LogP contribution is 2.31. The molecule has 3 rings (SSSR count). The minimum absolute atomic E-state index is 0.244. The number of aromatic nitrogens is 2. The van der Waals surface area contributed by atoms with E-state index < -0.39 is 23.2 Å². The quantitative estimate of drug-likeness (QED) is 0.310. The molecule has 234 valence electrons. The molecule has 0 radical (unpaired) electrons. The van der Waals surface area contributed by atoms with E-state index in [1.165, 1.54) is 44.9 Å². The molecule has 1 aliphatic rings. The molecule has 3 N–H and O–H groups in total. The number of hydrogen-bond acceptors (Lipinski definition) is 9. The van der Waals surface area contributed by atoms with Crippen LogP contribution in [0.4, 0.5) is 4.79 Å². The van der Waals surface area contributed by atoms with Gasteiger partial charge < -0.3 is 34.0 Å². The van der Waals surface area contributed by atoms with Gasteiger partial charge in [-0.2, -0.15) is 0 Å². The van der Waals surface area contributed by atoms with Crippen molar-refractivity contribution < 1.29 is 33.3 Å². The van der Waals surface area contributed by atoms with Gasteiger partial charge in [-0.05, 0) is 6.42 Å². The Morgan fingerprint density at radius 1 is 0.762 bits per heavy atom. The van der Waals surface area contributed by atoms with Crippen LogP contribution in [0.3, 0.4) is 0 Å². The van der Waals surface area contributed by atoms with Gasteiger partial charge in [-0.25, -0.2) is 9.78 Å². The highest BCUT2D eigenvalue weighted by Gasteiger charge is 2.18. The molecule has 0 bridgehead atoms. The summed E-state index contributed by atoms with van der Waals surface area (Å²) in [6.07, 6.45) is 11.9. The minimum Gasteiger partial charge on any atom is -0.487 e. The monoisotopic (exact) mass is 590 g/mol. The summed E-state index contributed by atoms with van der Waals surface area (Å²) in [5.74, 6) is -0.129. The van der Waals surface area contributed by atoms with E-state index >= 15 is 0 Å². The first-order valence-electron chi connectivity index (χ1n) is 15.2. The van der Waals surface area contributed by atoms with E-state index in [-0.39, 0.29) is 13.2 Å². The van der Waals surface area contributed by atoms with E-state index in [9.17, 15) is 14.4 Å². The molecule has 1 aromatic heterocycles. The van der Waals surface area contributed by atoms with Gasteiger partial charge in [0.2, 0.25) is 0 Å². The maximum atomic E-state index is 12.7. The van der Waals surface area contributed by atoms with Crippen molar-refractivity contribution in [2.24, 2.45) is 0 Å². The number of aromatic amines is 1. The van der Waals surface area contributed by atoms with Gasteiger partial charge in [0, 0.05) is 18.7 Å². The van der Waals surface area contributed by atoms with Gasteiger partial charge in [0.1, 0.15) is 13.2 Å². The Balaban J connectivity index is 1.51. The van der Waals surface area contributed by atoms with Crippen molar-refractivity contribution in [3.63, 3.8) is 0 Å². The zero-order valence-electron chi connectivity index (χ0n) is 24.8. The Kier molecular flexibility index (Phi) is 15.7. The Morgan fingerprint density at radius 3 is 1.88 bits per heavy atom. The normalized spacial score (nSPS) is 15.0. The standard InChI is InChI=1S/C30H46N4O8/c1-2-3-4-5-6-7-8-9-10-11-12-31-30(37)34-29(36)27-28(35)33-24-22-26-25(21-23(24)32-27)41-19-17-39-15-13-38-14-16-40-18-20-42-26/h21-22H,2-20H2,1H3,(H,33,35)(H2,31,34,36,37). The number of nitrogens with zero attached hydrogens (tertiary/aromatic N) is 1. The van der Waals surface area contributed by atoms with E-state index in [1.807, 2.05) is 0 Å². The van der Waals surface area contributed by atoms with Crippen LogP contribution in [0, 0.1) is 0 Å². The summed E-state index contributed by atoms with van der Waals surface area (Å²) >= 11 is 0. The second kappa shape index (κ2) is 19.8. The number of carbonyl (C=O) groups is 2. The van der Waals surface area contributed by atoms with Crippen molar-refractivity contribution in [2.45, 2.75) is 71.1 Å². The van der Waals surface area contributed by atoms with Gasteiger partial charge in [-0.1, -0.05) is 64.7 Å². The van der Waals surface area contributed by atoms with Crippen molar-refractivity contribution in [2.75, 3.05) is 59.4 Å². The van der Waals surface area contributed by atoms with Crippen LogP contribution in [0.2, 0.25) is 0 Å². The maximum Gasteiger partial charge on any atom is 0.321 e. The lowest BCUT2D eigenvalue weighted by atomic mass is 10.1. The van der Waals surface area contributed by atoms with E-state index in [1.54, 1.807) is 12.1 Å². The number of H-pyrrole nitrogens is 1. The van der Waals surface area contributed by atoms with Crippen molar-refractivity contribution in [1.29, 1.82) is 0 Å². The van der Waals surface area contributed by atoms with Gasteiger partial charge >= 0.3 is 6.03 Å². The molecule has 1 aliphatic heterocycles. The number of unbranched alkanes of at least 4 members (excludes halogenated alkanes) is 9. The summed E-state index contributed by atoms with van der Waals surface area (Å²) in [4.78, 5) is 44.5. The fraction of sp³-hybridized carbons (Fsp3) is 0.667. The first-order valence-corrected chi connectivity index (χ1v) is 15.2. The summed E-state index contributed by atoms with van der Waals surface area (Å²) in [7, 11) is 0. The van der Waals surface area contributed by atoms with Crippen LogP contribution in [-0.2, 0) is 14.2 Å². The Bertz CT molecular complexity index is 1160. The summed E-state index contributed by atoms with van der Waals surface area (Å²) in [6.45, 7) is 5.62. The predicted octanol–water partition coefficient (Wildman–Crippen LogP) is 4.10. The first kappa shape index (κ1) is 33.3. The van der Waals surface area contributed by atoms with Crippen LogP contribution in [0.25, 0.3) is 11.0 Å². The van der Waals surface area contributed by atoms with Crippen molar-refractivity contribution in [3.8, 4) is 11.5 Å². The molecule has 12 heteroatoms. The average Bonchev–Trinajstić information content (AvgIpc) is 2.98. The molecule has 0 spiro atoms. The van der Waals surface area contributed by atoms with Crippen LogP contribution < -0.4 is 25.7 Å². The van der Waals surface area contributed by atoms with E-state index in [4.69, 9.17) is 23.7 Å². The van der Waals surface area contributed by atoms with Crippen molar-refractivity contribution >= 4 is 23.0 Å². The SMILES string of the molecule is CCCCCCCCCCCCNC(=O)NC(=O)c1nc2cc3c(cc2[nH]c1=O)OCCOCCOCCOCCO3. The third-order valence-electron chi connectivity index (χ3n) is 6.73. The highest BCUT2D eigenvalue weighted by atomic mass is 16.6. The number of fused-ring (bicyclic) bond motifs is 2. The lowest BCUT2D eigenvalue weighted by Gasteiger charge is -2.14. The molecule has 3 amide bonds. The molecule has 0 fully saturated rings. The zero-order chi connectivity index (χ0) is 29.8. The van der Waals surface area contributed by atoms with Crippen LogP contribution in [0.5, 0.6) is 11.5 Å². The number of amides is 3. The summed E-state index contributed by atoms with van der Waals surface area (Å²) < 4.78 is 28.1. The smallest absolute Gasteiger partial charge is 0.321 e. The maximum absolute atomic E-state index is 12.7. The third kappa shape index (κ3) is 12.3. The minimum atomic E-state index is -0.889. The second-order valence-electron chi connectivity index (χ2n) is 10.2. The number of imide groups is 1. The molecule has 1 aromatic carbocycles. The number of hydrogen-bond donors (Lipinski definition) is 3. The number of carbonyl (C=O) groups excluding carboxylic acids is 2. The summed E-state index contributed by atoms with van der Waals surface area (Å²) in [6, 6.07) is 2.49. The molecule has 0 unspecified atom stereocenters. The Labute approximate surface area is 247 Å². The molecular formula is C30H46N4O8. The third-order valence-corrected chi connectivity index (χ3v) is 6.73.